The van der Waals surface area contributed by atoms with Gasteiger partial charge in [-0.1, -0.05) is 60.0 Å². The molecule has 3 nitrogen and oxygen atoms in total. The Morgan fingerprint density at radius 1 is 0.958 bits per heavy atom. The molecule has 1 aliphatic heterocycles. The molecule has 1 saturated heterocycles. The Balaban J connectivity index is 1.88. The van der Waals surface area contributed by atoms with E-state index in [-0.39, 0.29) is 23.7 Å². The number of rotatable bonds is 3. The van der Waals surface area contributed by atoms with Crippen LogP contribution in [0.2, 0.25) is 10.0 Å². The summed E-state index contributed by atoms with van der Waals surface area (Å²) in [6, 6.07) is 12.8. The number of hydrogen-bond acceptors (Lipinski definition) is 2. The number of amides is 2. The maximum Gasteiger partial charge on any atom is 0.238 e. The first kappa shape index (κ1) is 17.0. The first-order chi connectivity index (χ1) is 11.4. The van der Waals surface area contributed by atoms with E-state index in [1.54, 1.807) is 25.1 Å². The Bertz CT molecular complexity index is 802. The number of imide groups is 1. The van der Waals surface area contributed by atoms with Crippen LogP contribution in [0, 0.1) is 18.8 Å². The SMILES string of the molecule is Cc1ccc(C[C@H]2C(=O)N(c3ccc(Cl)c(Cl)c3)C(=O)[C@@H]2C)cc1. The van der Waals surface area contributed by atoms with Crippen molar-refractivity contribution >= 4 is 40.7 Å². The minimum absolute atomic E-state index is 0.188. The number of nitrogens with zero attached hydrogens (tertiary/aromatic N) is 1. The molecule has 0 N–H and O–H groups in total. The average molecular weight is 362 g/mol. The number of anilines is 1. The summed E-state index contributed by atoms with van der Waals surface area (Å²) in [6.45, 7) is 3.82. The van der Waals surface area contributed by atoms with E-state index in [4.69, 9.17) is 23.2 Å². The van der Waals surface area contributed by atoms with Gasteiger partial charge in [0, 0.05) is 5.92 Å². The summed E-state index contributed by atoms with van der Waals surface area (Å²) in [5.74, 6) is -1.12. The average Bonchev–Trinajstić information content (AvgIpc) is 2.76. The molecule has 3 rings (SSSR count). The summed E-state index contributed by atoms with van der Waals surface area (Å²) in [5.41, 5.74) is 2.69. The highest BCUT2D eigenvalue weighted by atomic mass is 35.5. The topological polar surface area (TPSA) is 37.4 Å². The maximum atomic E-state index is 12.8. The van der Waals surface area contributed by atoms with Crippen molar-refractivity contribution < 1.29 is 9.59 Å². The maximum absolute atomic E-state index is 12.8. The molecule has 5 heteroatoms. The van der Waals surface area contributed by atoms with Gasteiger partial charge in [-0.25, -0.2) is 0 Å². The monoisotopic (exact) mass is 361 g/mol. The molecule has 24 heavy (non-hydrogen) atoms. The lowest BCUT2D eigenvalue weighted by atomic mass is 9.90. The highest BCUT2D eigenvalue weighted by molar-refractivity contribution is 6.42. The van der Waals surface area contributed by atoms with Gasteiger partial charge in [-0.15, -0.1) is 0 Å². The van der Waals surface area contributed by atoms with Crippen LogP contribution in [0.3, 0.4) is 0 Å². The van der Waals surface area contributed by atoms with Gasteiger partial charge in [-0.05, 0) is 37.1 Å². The summed E-state index contributed by atoms with van der Waals surface area (Å²) in [5, 5.41) is 0.716. The largest absolute Gasteiger partial charge is 0.274 e. The van der Waals surface area contributed by atoms with Crippen molar-refractivity contribution in [2.45, 2.75) is 20.3 Å². The number of benzene rings is 2. The normalized spacial score (nSPS) is 20.8. The van der Waals surface area contributed by atoms with Crippen LogP contribution >= 0.6 is 23.2 Å². The Hall–Kier alpha value is -1.84. The molecule has 0 saturated carbocycles. The Labute approximate surface area is 151 Å². The molecule has 2 atom stereocenters. The lowest BCUT2D eigenvalue weighted by Gasteiger charge is -2.15. The van der Waals surface area contributed by atoms with Crippen LogP contribution in [0.1, 0.15) is 18.1 Å². The van der Waals surface area contributed by atoms with Crippen LogP contribution in [0.15, 0.2) is 42.5 Å². The minimum Gasteiger partial charge on any atom is -0.274 e. The van der Waals surface area contributed by atoms with Crippen molar-refractivity contribution in [3.8, 4) is 0 Å². The van der Waals surface area contributed by atoms with Gasteiger partial charge in [0.15, 0.2) is 0 Å². The van der Waals surface area contributed by atoms with Crippen LogP contribution in [0.5, 0.6) is 0 Å². The smallest absolute Gasteiger partial charge is 0.238 e. The molecule has 1 aliphatic rings. The summed E-state index contributed by atoms with van der Waals surface area (Å²) in [6.07, 6.45) is 0.545. The third kappa shape index (κ3) is 3.06. The van der Waals surface area contributed by atoms with Crippen LogP contribution in [0.4, 0.5) is 5.69 Å². The number of halogens is 2. The second kappa shape index (κ2) is 6.58. The Kier molecular flexibility index (Phi) is 4.66. The van der Waals surface area contributed by atoms with Gasteiger partial charge in [0.2, 0.25) is 11.8 Å². The molecule has 2 aromatic carbocycles. The van der Waals surface area contributed by atoms with Crippen molar-refractivity contribution in [2.24, 2.45) is 11.8 Å². The fraction of sp³-hybridized carbons (Fsp3) is 0.263. The van der Waals surface area contributed by atoms with Crippen LogP contribution < -0.4 is 4.90 Å². The predicted octanol–water partition coefficient (Wildman–Crippen LogP) is 4.67. The second-order valence-electron chi connectivity index (χ2n) is 6.20. The third-order valence-corrected chi connectivity index (χ3v) is 5.23. The second-order valence-corrected chi connectivity index (χ2v) is 7.01. The highest BCUT2D eigenvalue weighted by Gasteiger charge is 2.45. The van der Waals surface area contributed by atoms with E-state index in [1.807, 2.05) is 31.2 Å². The van der Waals surface area contributed by atoms with Gasteiger partial charge in [-0.2, -0.15) is 0 Å². The van der Waals surface area contributed by atoms with Crippen LogP contribution in [-0.2, 0) is 16.0 Å². The number of carbonyl (C=O) groups is 2. The van der Waals surface area contributed by atoms with E-state index in [0.717, 1.165) is 11.1 Å². The zero-order chi connectivity index (χ0) is 17.4. The van der Waals surface area contributed by atoms with E-state index >= 15 is 0 Å². The summed E-state index contributed by atoms with van der Waals surface area (Å²) in [7, 11) is 0. The van der Waals surface area contributed by atoms with Gasteiger partial charge in [0.25, 0.3) is 0 Å². The highest BCUT2D eigenvalue weighted by Crippen LogP contribution is 2.35. The van der Waals surface area contributed by atoms with Crippen molar-refractivity contribution in [2.75, 3.05) is 4.90 Å². The quantitative estimate of drug-likeness (QED) is 0.744. The van der Waals surface area contributed by atoms with Gasteiger partial charge >= 0.3 is 0 Å². The van der Waals surface area contributed by atoms with E-state index in [9.17, 15) is 9.59 Å². The fourth-order valence-electron chi connectivity index (χ4n) is 2.98. The van der Waals surface area contributed by atoms with Crippen molar-refractivity contribution in [3.05, 3.63) is 63.6 Å². The van der Waals surface area contributed by atoms with E-state index in [0.29, 0.717) is 22.2 Å². The predicted molar refractivity (Wildman–Crippen MR) is 96.5 cm³/mol. The molecule has 0 aliphatic carbocycles. The molecule has 0 radical (unpaired) electrons. The summed E-state index contributed by atoms with van der Waals surface area (Å²) < 4.78 is 0. The van der Waals surface area contributed by atoms with E-state index in [2.05, 4.69) is 0 Å². The van der Waals surface area contributed by atoms with Gasteiger partial charge in [0.1, 0.15) is 0 Å². The number of aryl methyl sites for hydroxylation is 1. The minimum atomic E-state index is -0.367. The molecule has 0 unspecified atom stereocenters. The molecular formula is C19H17Cl2NO2. The Morgan fingerprint density at radius 3 is 2.25 bits per heavy atom. The lowest BCUT2D eigenvalue weighted by molar-refractivity contribution is -0.122. The lowest BCUT2D eigenvalue weighted by Crippen LogP contribution is -2.31. The van der Waals surface area contributed by atoms with Gasteiger partial charge < -0.3 is 0 Å². The number of hydrogen-bond donors (Lipinski definition) is 0. The molecule has 0 spiro atoms. The third-order valence-electron chi connectivity index (χ3n) is 4.49. The first-order valence-electron chi connectivity index (χ1n) is 7.77. The summed E-state index contributed by atoms with van der Waals surface area (Å²) in [4.78, 5) is 26.6. The Morgan fingerprint density at radius 2 is 1.62 bits per heavy atom. The molecule has 2 aromatic rings. The van der Waals surface area contributed by atoms with E-state index in [1.165, 1.54) is 4.90 Å². The van der Waals surface area contributed by atoms with E-state index < -0.39 is 0 Å². The zero-order valence-corrected chi connectivity index (χ0v) is 14.9. The molecule has 1 heterocycles. The van der Waals surface area contributed by atoms with Crippen molar-refractivity contribution in [3.63, 3.8) is 0 Å². The molecular weight excluding hydrogens is 345 g/mol. The number of carbonyl (C=O) groups excluding carboxylic acids is 2. The van der Waals surface area contributed by atoms with Crippen molar-refractivity contribution in [1.82, 2.24) is 0 Å². The molecule has 1 fully saturated rings. The molecule has 0 aromatic heterocycles. The van der Waals surface area contributed by atoms with Gasteiger partial charge in [-0.3, -0.25) is 14.5 Å². The zero-order valence-electron chi connectivity index (χ0n) is 13.4. The van der Waals surface area contributed by atoms with Crippen LogP contribution in [-0.4, -0.2) is 11.8 Å². The molecule has 0 bridgehead atoms. The molecule has 124 valence electrons. The van der Waals surface area contributed by atoms with Crippen LogP contribution in [0.25, 0.3) is 0 Å². The molecule has 2 amide bonds. The fourth-order valence-corrected chi connectivity index (χ4v) is 3.28. The first-order valence-corrected chi connectivity index (χ1v) is 8.52. The summed E-state index contributed by atoms with van der Waals surface area (Å²) >= 11 is 11.9. The van der Waals surface area contributed by atoms with Gasteiger partial charge in [0.05, 0.1) is 21.7 Å². The standard InChI is InChI=1S/C19H17Cl2NO2/c1-11-3-5-13(6-4-11)9-15-12(2)18(23)22(19(15)24)14-7-8-16(20)17(21)10-14/h3-8,10,12,15H,9H2,1-2H3/t12-,15-/m1/s1. The van der Waals surface area contributed by atoms with Crippen molar-refractivity contribution in [1.29, 1.82) is 0 Å².